The number of benzene rings is 1. The van der Waals surface area contributed by atoms with Gasteiger partial charge >= 0.3 is 0 Å². The van der Waals surface area contributed by atoms with Crippen molar-refractivity contribution >= 4 is 27.1 Å². The molecule has 0 aliphatic carbocycles. The van der Waals surface area contributed by atoms with Crippen molar-refractivity contribution in [3.8, 4) is 0 Å². The average Bonchev–Trinajstić information content (AvgIpc) is 3.19. The summed E-state index contributed by atoms with van der Waals surface area (Å²) >= 11 is 1.31. The number of carbonyl (C=O) groups is 1. The van der Waals surface area contributed by atoms with E-state index in [0.29, 0.717) is 10.4 Å². The van der Waals surface area contributed by atoms with Crippen molar-refractivity contribution in [3.63, 3.8) is 0 Å². The van der Waals surface area contributed by atoms with Crippen molar-refractivity contribution in [2.24, 2.45) is 0 Å². The van der Waals surface area contributed by atoms with Gasteiger partial charge in [0, 0.05) is 18.9 Å². The lowest BCUT2D eigenvalue weighted by Crippen LogP contribution is -2.31. The summed E-state index contributed by atoms with van der Waals surface area (Å²) < 4.78 is 26.6. The number of hydrogen-bond donors (Lipinski definition) is 1. The molecule has 140 valence electrons. The summed E-state index contributed by atoms with van der Waals surface area (Å²) in [6, 6.07) is 12.0. The van der Waals surface area contributed by atoms with E-state index in [-0.39, 0.29) is 17.3 Å². The van der Waals surface area contributed by atoms with Gasteiger partial charge in [0.05, 0.1) is 9.77 Å². The number of sulfone groups is 1. The smallest absolute Gasteiger partial charge is 0.261 e. The second kappa shape index (κ2) is 8.02. The molecule has 0 saturated carbocycles. The monoisotopic (exact) mass is 400 g/mol. The van der Waals surface area contributed by atoms with Crippen LogP contribution in [0.3, 0.4) is 0 Å². The van der Waals surface area contributed by atoms with Gasteiger partial charge in [-0.05, 0) is 60.2 Å². The van der Waals surface area contributed by atoms with Crippen LogP contribution in [0, 0.1) is 13.8 Å². The zero-order chi connectivity index (χ0) is 19.4. The topological polar surface area (TPSA) is 76.1 Å². The zero-order valence-electron chi connectivity index (χ0n) is 15.0. The van der Waals surface area contributed by atoms with Gasteiger partial charge in [-0.3, -0.25) is 9.78 Å². The van der Waals surface area contributed by atoms with E-state index in [0.717, 1.165) is 11.1 Å². The standard InChI is InChI=1S/C20H20N2O3S2/c1-14-7-8-17(11-15(14)2)27(24,25)19(16-5-3-9-21-12-16)13-22-20(23)18-6-4-10-26-18/h3-12,19H,13H2,1-2H3,(H,22,23)/t19-/m1/s1. The van der Waals surface area contributed by atoms with E-state index in [2.05, 4.69) is 10.3 Å². The highest BCUT2D eigenvalue weighted by Crippen LogP contribution is 2.29. The minimum atomic E-state index is -3.71. The Bertz CT molecular complexity index is 1030. The second-order valence-electron chi connectivity index (χ2n) is 6.25. The number of aryl methyl sites for hydroxylation is 2. The molecule has 2 heterocycles. The highest BCUT2D eigenvalue weighted by molar-refractivity contribution is 7.91. The molecule has 0 fully saturated rings. The highest BCUT2D eigenvalue weighted by Gasteiger charge is 2.30. The van der Waals surface area contributed by atoms with E-state index in [1.807, 2.05) is 13.8 Å². The van der Waals surface area contributed by atoms with Crippen LogP contribution in [0.2, 0.25) is 0 Å². The van der Waals surface area contributed by atoms with Gasteiger partial charge in [0.25, 0.3) is 5.91 Å². The van der Waals surface area contributed by atoms with E-state index in [1.54, 1.807) is 54.0 Å². The molecule has 0 bridgehead atoms. The molecule has 7 heteroatoms. The van der Waals surface area contributed by atoms with Crippen molar-refractivity contribution in [1.82, 2.24) is 10.3 Å². The first-order chi connectivity index (χ1) is 12.9. The number of carbonyl (C=O) groups excluding carboxylic acids is 1. The molecule has 3 rings (SSSR count). The third-order valence-electron chi connectivity index (χ3n) is 4.43. The molecule has 2 aromatic heterocycles. The van der Waals surface area contributed by atoms with Gasteiger partial charge < -0.3 is 5.32 Å². The first kappa shape index (κ1) is 19.3. The molecule has 1 aromatic carbocycles. The number of nitrogens with zero attached hydrogens (tertiary/aromatic N) is 1. The summed E-state index contributed by atoms with van der Waals surface area (Å²) in [6.45, 7) is 3.79. The molecule has 1 amide bonds. The summed E-state index contributed by atoms with van der Waals surface area (Å²) in [6.07, 6.45) is 3.12. The number of hydrogen-bond acceptors (Lipinski definition) is 5. The Hall–Kier alpha value is -2.51. The maximum absolute atomic E-state index is 13.3. The van der Waals surface area contributed by atoms with E-state index in [1.165, 1.54) is 17.5 Å². The van der Waals surface area contributed by atoms with Gasteiger partial charge in [0.2, 0.25) is 0 Å². The molecule has 0 saturated heterocycles. The van der Waals surface area contributed by atoms with E-state index in [4.69, 9.17) is 0 Å². The highest BCUT2D eigenvalue weighted by atomic mass is 32.2. The molecule has 1 N–H and O–H groups in total. The first-order valence-electron chi connectivity index (χ1n) is 8.42. The Morgan fingerprint density at radius 3 is 2.59 bits per heavy atom. The molecule has 27 heavy (non-hydrogen) atoms. The SMILES string of the molecule is Cc1ccc(S(=O)(=O)[C@H](CNC(=O)c2cccs2)c2cccnc2)cc1C. The number of thiophene rings is 1. The molecule has 0 radical (unpaired) electrons. The third-order valence-corrected chi connectivity index (χ3v) is 7.40. The van der Waals surface area contributed by atoms with Gasteiger partial charge in [0.15, 0.2) is 9.84 Å². The van der Waals surface area contributed by atoms with Crippen LogP contribution in [0.5, 0.6) is 0 Å². The van der Waals surface area contributed by atoms with E-state index in [9.17, 15) is 13.2 Å². The summed E-state index contributed by atoms with van der Waals surface area (Å²) in [4.78, 5) is 17.1. The molecule has 3 aromatic rings. The normalized spacial score (nSPS) is 12.5. The maximum Gasteiger partial charge on any atom is 0.261 e. The minimum absolute atomic E-state index is 0.0301. The fourth-order valence-corrected chi connectivity index (χ4v) is 5.08. The quantitative estimate of drug-likeness (QED) is 0.684. The van der Waals surface area contributed by atoms with Crippen molar-refractivity contribution in [3.05, 3.63) is 81.8 Å². The number of aromatic nitrogens is 1. The van der Waals surface area contributed by atoms with Crippen LogP contribution in [-0.2, 0) is 9.84 Å². The maximum atomic E-state index is 13.3. The number of nitrogens with one attached hydrogen (secondary N) is 1. The Morgan fingerprint density at radius 2 is 1.96 bits per heavy atom. The lowest BCUT2D eigenvalue weighted by molar-refractivity contribution is 0.0957. The van der Waals surface area contributed by atoms with Crippen LogP contribution >= 0.6 is 11.3 Å². The van der Waals surface area contributed by atoms with Crippen LogP contribution in [0.25, 0.3) is 0 Å². The Labute approximate surface area is 163 Å². The molecular formula is C20H20N2O3S2. The molecule has 0 unspecified atom stereocenters. The zero-order valence-corrected chi connectivity index (χ0v) is 16.7. The molecule has 0 aliphatic rings. The van der Waals surface area contributed by atoms with Crippen LogP contribution in [0.4, 0.5) is 0 Å². The van der Waals surface area contributed by atoms with Crippen molar-refractivity contribution in [2.45, 2.75) is 24.0 Å². The van der Waals surface area contributed by atoms with Crippen LogP contribution < -0.4 is 5.32 Å². The largest absolute Gasteiger partial charge is 0.350 e. The molecule has 5 nitrogen and oxygen atoms in total. The predicted molar refractivity (Wildman–Crippen MR) is 107 cm³/mol. The Morgan fingerprint density at radius 1 is 1.15 bits per heavy atom. The average molecular weight is 401 g/mol. The van der Waals surface area contributed by atoms with E-state index < -0.39 is 15.1 Å². The second-order valence-corrected chi connectivity index (χ2v) is 9.33. The van der Waals surface area contributed by atoms with Gasteiger partial charge in [-0.25, -0.2) is 8.42 Å². The molecule has 0 aliphatic heterocycles. The van der Waals surface area contributed by atoms with E-state index >= 15 is 0 Å². The van der Waals surface area contributed by atoms with Crippen molar-refractivity contribution in [2.75, 3.05) is 6.54 Å². The number of pyridine rings is 1. The molecule has 1 atom stereocenters. The fourth-order valence-electron chi connectivity index (χ4n) is 2.71. The summed E-state index contributed by atoms with van der Waals surface area (Å²) in [5.41, 5.74) is 2.48. The molecule has 0 spiro atoms. The fraction of sp³-hybridized carbons (Fsp3) is 0.200. The third kappa shape index (κ3) is 4.26. The Kier molecular flexibility index (Phi) is 5.72. The summed E-state index contributed by atoms with van der Waals surface area (Å²) in [7, 11) is -3.71. The van der Waals surface area contributed by atoms with Crippen LogP contribution in [0.15, 0.2) is 65.1 Å². The summed E-state index contributed by atoms with van der Waals surface area (Å²) in [5.74, 6) is -0.283. The lowest BCUT2D eigenvalue weighted by atomic mass is 10.1. The van der Waals surface area contributed by atoms with Gasteiger partial charge in [-0.2, -0.15) is 0 Å². The number of rotatable bonds is 6. The van der Waals surface area contributed by atoms with Crippen molar-refractivity contribution < 1.29 is 13.2 Å². The molecular weight excluding hydrogens is 380 g/mol. The summed E-state index contributed by atoms with van der Waals surface area (Å²) in [5, 5.41) is 3.64. The first-order valence-corrected chi connectivity index (χ1v) is 10.8. The van der Waals surface area contributed by atoms with Crippen molar-refractivity contribution in [1.29, 1.82) is 0 Å². The predicted octanol–water partition coefficient (Wildman–Crippen LogP) is 3.70. The van der Waals surface area contributed by atoms with Crippen LogP contribution in [-0.4, -0.2) is 25.9 Å². The van der Waals surface area contributed by atoms with Gasteiger partial charge in [-0.1, -0.05) is 18.2 Å². The Balaban J connectivity index is 1.94. The van der Waals surface area contributed by atoms with Gasteiger partial charge in [-0.15, -0.1) is 11.3 Å². The lowest BCUT2D eigenvalue weighted by Gasteiger charge is -2.19. The minimum Gasteiger partial charge on any atom is -0.350 e. The van der Waals surface area contributed by atoms with Gasteiger partial charge in [0.1, 0.15) is 5.25 Å². The van der Waals surface area contributed by atoms with Crippen LogP contribution in [0.1, 0.15) is 31.6 Å². The number of amides is 1.